The van der Waals surface area contributed by atoms with Gasteiger partial charge >= 0.3 is 5.97 Å². The van der Waals surface area contributed by atoms with Crippen LogP contribution in [0.3, 0.4) is 0 Å². The zero-order valence-electron chi connectivity index (χ0n) is 8.99. The molecule has 0 saturated carbocycles. The lowest BCUT2D eigenvalue weighted by Crippen LogP contribution is -2.27. The Morgan fingerprint density at radius 2 is 2.07 bits per heavy atom. The Balaban J connectivity index is 3.59. The predicted octanol–water partition coefficient (Wildman–Crippen LogP) is 0.420. The van der Waals surface area contributed by atoms with Crippen LogP contribution in [0.1, 0.15) is 20.3 Å². The molecule has 5 heteroatoms. The SMILES string of the molecule is C=C[C@@](C)(O)OCCOC(=O)CC(C)=O. The minimum atomic E-state index is -1.42. The third-order valence-electron chi connectivity index (χ3n) is 1.51. The molecule has 0 heterocycles. The van der Waals surface area contributed by atoms with Crippen LogP contribution in [-0.4, -0.2) is 35.9 Å². The van der Waals surface area contributed by atoms with Crippen LogP contribution in [0.4, 0.5) is 0 Å². The number of carbonyl (C=O) groups excluding carboxylic acids is 2. The van der Waals surface area contributed by atoms with E-state index in [2.05, 4.69) is 11.3 Å². The minimum absolute atomic E-state index is 0.00387. The van der Waals surface area contributed by atoms with Gasteiger partial charge in [-0.05, 0) is 19.9 Å². The van der Waals surface area contributed by atoms with Gasteiger partial charge in [0.05, 0.1) is 6.61 Å². The van der Waals surface area contributed by atoms with Crippen LogP contribution in [0.2, 0.25) is 0 Å². The molecule has 0 unspecified atom stereocenters. The summed E-state index contributed by atoms with van der Waals surface area (Å²) in [6, 6.07) is 0. The van der Waals surface area contributed by atoms with Gasteiger partial charge in [0.15, 0.2) is 5.79 Å². The van der Waals surface area contributed by atoms with Gasteiger partial charge in [0.2, 0.25) is 0 Å². The molecule has 0 aliphatic heterocycles. The second kappa shape index (κ2) is 6.31. The zero-order chi connectivity index (χ0) is 11.9. The van der Waals surface area contributed by atoms with Crippen molar-refractivity contribution in [2.75, 3.05) is 13.2 Å². The number of esters is 1. The number of Topliss-reactive ketones (excluding diaryl/α,β-unsaturated/α-hetero) is 1. The first-order valence-corrected chi connectivity index (χ1v) is 4.52. The van der Waals surface area contributed by atoms with Crippen molar-refractivity contribution in [3.05, 3.63) is 12.7 Å². The van der Waals surface area contributed by atoms with Gasteiger partial charge in [-0.3, -0.25) is 9.59 Å². The summed E-state index contributed by atoms with van der Waals surface area (Å²) in [4.78, 5) is 21.4. The molecule has 0 saturated heterocycles. The molecule has 0 aliphatic carbocycles. The van der Waals surface area contributed by atoms with Crippen LogP contribution in [-0.2, 0) is 19.1 Å². The molecule has 5 nitrogen and oxygen atoms in total. The van der Waals surface area contributed by atoms with Crippen LogP contribution in [0.5, 0.6) is 0 Å². The highest BCUT2D eigenvalue weighted by Gasteiger charge is 2.15. The fourth-order valence-electron chi connectivity index (χ4n) is 0.717. The van der Waals surface area contributed by atoms with Crippen molar-refractivity contribution in [3.63, 3.8) is 0 Å². The molecule has 0 aromatic heterocycles. The van der Waals surface area contributed by atoms with Crippen molar-refractivity contribution in [1.82, 2.24) is 0 Å². The molecule has 0 aromatic carbocycles. The summed E-state index contributed by atoms with van der Waals surface area (Å²) in [6.45, 7) is 6.12. The fraction of sp³-hybridized carbons (Fsp3) is 0.600. The molecular formula is C10H16O5. The Morgan fingerprint density at radius 1 is 1.47 bits per heavy atom. The number of rotatable bonds is 7. The van der Waals surface area contributed by atoms with Crippen molar-refractivity contribution in [2.45, 2.75) is 26.1 Å². The molecule has 0 fully saturated rings. The van der Waals surface area contributed by atoms with Gasteiger partial charge in [-0.1, -0.05) is 6.58 Å². The van der Waals surface area contributed by atoms with E-state index in [-0.39, 0.29) is 25.4 Å². The Kier molecular flexibility index (Phi) is 5.81. The van der Waals surface area contributed by atoms with Crippen LogP contribution in [0.25, 0.3) is 0 Å². The van der Waals surface area contributed by atoms with Gasteiger partial charge in [0, 0.05) is 0 Å². The Bertz CT molecular complexity index is 244. The first-order chi connectivity index (χ1) is 6.87. The lowest BCUT2D eigenvalue weighted by molar-refractivity contribution is -0.169. The monoisotopic (exact) mass is 216 g/mol. The van der Waals surface area contributed by atoms with E-state index in [1.807, 2.05) is 0 Å². The van der Waals surface area contributed by atoms with Gasteiger partial charge in [0.25, 0.3) is 0 Å². The third-order valence-corrected chi connectivity index (χ3v) is 1.51. The van der Waals surface area contributed by atoms with Crippen molar-refractivity contribution in [2.24, 2.45) is 0 Å². The summed E-state index contributed by atoms with van der Waals surface area (Å²) in [5.74, 6) is -2.27. The highest BCUT2D eigenvalue weighted by molar-refractivity contribution is 5.94. The zero-order valence-corrected chi connectivity index (χ0v) is 8.99. The number of hydrogen-bond acceptors (Lipinski definition) is 5. The second-order valence-electron chi connectivity index (χ2n) is 3.21. The maximum absolute atomic E-state index is 10.9. The number of ether oxygens (including phenoxy) is 2. The Morgan fingerprint density at radius 3 is 2.53 bits per heavy atom. The maximum Gasteiger partial charge on any atom is 0.313 e. The lowest BCUT2D eigenvalue weighted by atomic mass is 10.3. The average Bonchev–Trinajstić information content (AvgIpc) is 2.11. The largest absolute Gasteiger partial charge is 0.463 e. The summed E-state index contributed by atoms with van der Waals surface area (Å²) in [5, 5.41) is 9.30. The van der Waals surface area contributed by atoms with E-state index in [1.54, 1.807) is 0 Å². The van der Waals surface area contributed by atoms with Gasteiger partial charge < -0.3 is 14.6 Å². The topological polar surface area (TPSA) is 72.8 Å². The first-order valence-electron chi connectivity index (χ1n) is 4.52. The molecule has 0 amide bonds. The Labute approximate surface area is 88.7 Å². The van der Waals surface area contributed by atoms with Gasteiger partial charge in [-0.2, -0.15) is 0 Å². The molecule has 1 atom stereocenters. The van der Waals surface area contributed by atoms with Crippen LogP contribution in [0, 0.1) is 0 Å². The molecule has 86 valence electrons. The van der Waals surface area contributed by atoms with Gasteiger partial charge in [-0.25, -0.2) is 0 Å². The number of aliphatic hydroxyl groups is 1. The Hall–Kier alpha value is -1.20. The summed E-state index contributed by atoms with van der Waals surface area (Å²) >= 11 is 0. The van der Waals surface area contributed by atoms with Crippen LogP contribution < -0.4 is 0 Å². The molecule has 0 aromatic rings. The number of ketones is 1. The second-order valence-corrected chi connectivity index (χ2v) is 3.21. The molecule has 0 spiro atoms. The average molecular weight is 216 g/mol. The predicted molar refractivity (Wildman–Crippen MR) is 53.0 cm³/mol. The molecule has 1 N–H and O–H groups in total. The number of carbonyl (C=O) groups is 2. The quantitative estimate of drug-likeness (QED) is 0.219. The van der Waals surface area contributed by atoms with E-state index >= 15 is 0 Å². The minimum Gasteiger partial charge on any atom is -0.463 e. The summed E-state index contributed by atoms with van der Waals surface area (Å²) < 4.78 is 9.57. The van der Waals surface area contributed by atoms with E-state index in [0.717, 1.165) is 0 Å². The molecular weight excluding hydrogens is 200 g/mol. The standard InChI is InChI=1S/C10H16O5/c1-4-10(3,13)15-6-5-14-9(12)7-8(2)11/h4,13H,1,5-7H2,2-3H3/t10-/m0/s1. The van der Waals surface area contributed by atoms with E-state index in [0.29, 0.717) is 0 Å². The smallest absolute Gasteiger partial charge is 0.313 e. The fourth-order valence-corrected chi connectivity index (χ4v) is 0.717. The van der Waals surface area contributed by atoms with Crippen molar-refractivity contribution in [3.8, 4) is 0 Å². The molecule has 0 bridgehead atoms. The first kappa shape index (κ1) is 13.8. The highest BCUT2D eigenvalue weighted by atomic mass is 16.6. The molecule has 0 radical (unpaired) electrons. The lowest BCUT2D eigenvalue weighted by Gasteiger charge is -2.18. The van der Waals surface area contributed by atoms with E-state index in [9.17, 15) is 14.7 Å². The summed E-state index contributed by atoms with van der Waals surface area (Å²) in [6.07, 6.45) is 0.988. The summed E-state index contributed by atoms with van der Waals surface area (Å²) in [5.41, 5.74) is 0. The van der Waals surface area contributed by atoms with Crippen LogP contribution in [0.15, 0.2) is 12.7 Å². The molecule has 0 rings (SSSR count). The third kappa shape index (κ3) is 7.84. The molecule has 15 heavy (non-hydrogen) atoms. The van der Waals surface area contributed by atoms with Crippen LogP contribution >= 0.6 is 0 Å². The van der Waals surface area contributed by atoms with Crippen molar-refractivity contribution >= 4 is 11.8 Å². The van der Waals surface area contributed by atoms with E-state index in [4.69, 9.17) is 4.74 Å². The normalized spacial score (nSPS) is 14.1. The highest BCUT2D eigenvalue weighted by Crippen LogP contribution is 2.05. The number of hydrogen-bond donors (Lipinski definition) is 1. The maximum atomic E-state index is 10.9. The van der Waals surface area contributed by atoms with Crippen molar-refractivity contribution in [1.29, 1.82) is 0 Å². The van der Waals surface area contributed by atoms with E-state index in [1.165, 1.54) is 19.9 Å². The summed E-state index contributed by atoms with van der Waals surface area (Å²) in [7, 11) is 0. The molecule has 0 aliphatic rings. The van der Waals surface area contributed by atoms with Gasteiger partial charge in [-0.15, -0.1) is 0 Å². The van der Waals surface area contributed by atoms with Gasteiger partial charge in [0.1, 0.15) is 18.8 Å². The van der Waals surface area contributed by atoms with Crippen molar-refractivity contribution < 1.29 is 24.2 Å². The van der Waals surface area contributed by atoms with E-state index < -0.39 is 11.8 Å².